The zero-order valence-electron chi connectivity index (χ0n) is 18.2. The Morgan fingerprint density at radius 1 is 1.09 bits per heavy atom. The molecule has 0 aliphatic carbocycles. The molecule has 2 amide bonds. The van der Waals surface area contributed by atoms with E-state index in [0.717, 1.165) is 43.0 Å². The van der Waals surface area contributed by atoms with Crippen molar-refractivity contribution >= 4 is 40.1 Å². The number of aryl methyl sites for hydroxylation is 1. The lowest BCUT2D eigenvalue weighted by molar-refractivity contribution is -0.130. The van der Waals surface area contributed by atoms with Gasteiger partial charge in [0.05, 0.1) is 17.6 Å². The Bertz CT molecular complexity index is 1120. The molecule has 3 aromatic rings. The summed E-state index contributed by atoms with van der Waals surface area (Å²) in [7, 11) is 1.99. The summed E-state index contributed by atoms with van der Waals surface area (Å²) in [6.07, 6.45) is 0. The number of imidazole rings is 1. The second-order valence-corrected chi connectivity index (χ2v) is 8.30. The number of amides is 2. The Hall–Kier alpha value is -3.10. The van der Waals surface area contributed by atoms with Crippen LogP contribution in [0.25, 0.3) is 11.0 Å². The van der Waals surface area contributed by atoms with Crippen LogP contribution in [0.4, 0.5) is 5.69 Å². The molecular formula is C23H26ClN5O3. The highest BCUT2D eigenvalue weighted by Gasteiger charge is 2.20. The topological polar surface area (TPSA) is 79.7 Å². The molecule has 0 unspecified atom stereocenters. The number of aromatic nitrogens is 2. The standard InChI is InChI=1S/C23H26ClN5O3/c1-16(30)29-11-9-28(10-12-29)14-22-26-20-13-18(5-8-21(20)27(22)2)25-23(31)15-32-19-6-3-17(24)4-7-19/h3-8,13H,9-12,14-15H2,1-2H3,(H,25,31). The summed E-state index contributed by atoms with van der Waals surface area (Å²) >= 11 is 5.85. The summed E-state index contributed by atoms with van der Waals surface area (Å²) in [5.41, 5.74) is 2.49. The van der Waals surface area contributed by atoms with Crippen LogP contribution in [0.2, 0.25) is 5.02 Å². The molecule has 1 aromatic heterocycles. The molecule has 1 aliphatic rings. The molecule has 1 saturated heterocycles. The highest BCUT2D eigenvalue weighted by Crippen LogP contribution is 2.21. The second-order valence-electron chi connectivity index (χ2n) is 7.86. The van der Waals surface area contributed by atoms with Gasteiger partial charge in [-0.2, -0.15) is 0 Å². The monoisotopic (exact) mass is 455 g/mol. The third kappa shape index (κ3) is 5.20. The average molecular weight is 456 g/mol. The van der Waals surface area contributed by atoms with Crippen molar-refractivity contribution in [2.24, 2.45) is 7.05 Å². The van der Waals surface area contributed by atoms with Crippen LogP contribution in [0.15, 0.2) is 42.5 Å². The van der Waals surface area contributed by atoms with Gasteiger partial charge in [-0.15, -0.1) is 0 Å². The van der Waals surface area contributed by atoms with Crippen molar-refractivity contribution in [2.75, 3.05) is 38.1 Å². The smallest absolute Gasteiger partial charge is 0.262 e. The molecule has 0 atom stereocenters. The van der Waals surface area contributed by atoms with Gasteiger partial charge in [-0.1, -0.05) is 11.6 Å². The maximum Gasteiger partial charge on any atom is 0.262 e. The first-order valence-corrected chi connectivity index (χ1v) is 10.9. The van der Waals surface area contributed by atoms with Gasteiger partial charge in [0.25, 0.3) is 5.91 Å². The first-order chi connectivity index (χ1) is 15.4. The zero-order valence-corrected chi connectivity index (χ0v) is 18.9. The van der Waals surface area contributed by atoms with Crippen LogP contribution in [0.5, 0.6) is 5.75 Å². The average Bonchev–Trinajstić information content (AvgIpc) is 3.08. The molecule has 9 heteroatoms. The maximum absolute atomic E-state index is 12.3. The SMILES string of the molecule is CC(=O)N1CCN(Cc2nc3cc(NC(=O)COc4ccc(Cl)cc4)ccc3n2C)CC1. The molecule has 8 nitrogen and oxygen atoms in total. The van der Waals surface area contributed by atoms with Crippen molar-refractivity contribution < 1.29 is 14.3 Å². The fraction of sp³-hybridized carbons (Fsp3) is 0.348. The van der Waals surface area contributed by atoms with Crippen LogP contribution in [-0.4, -0.2) is 64.0 Å². The quantitative estimate of drug-likeness (QED) is 0.618. The van der Waals surface area contributed by atoms with Crippen LogP contribution in [0, 0.1) is 0 Å². The lowest BCUT2D eigenvalue weighted by Crippen LogP contribution is -2.47. The molecule has 32 heavy (non-hydrogen) atoms. The molecule has 4 rings (SSSR count). The third-order valence-corrected chi connectivity index (χ3v) is 5.88. The number of hydrogen-bond donors (Lipinski definition) is 1. The predicted molar refractivity (Wildman–Crippen MR) is 124 cm³/mol. The number of anilines is 1. The Morgan fingerprint density at radius 3 is 2.50 bits per heavy atom. The van der Waals surface area contributed by atoms with Crippen molar-refractivity contribution in [3.05, 3.63) is 53.3 Å². The van der Waals surface area contributed by atoms with Crippen LogP contribution in [0.1, 0.15) is 12.7 Å². The number of fused-ring (bicyclic) bond motifs is 1. The number of halogens is 1. The van der Waals surface area contributed by atoms with Gasteiger partial charge in [0.2, 0.25) is 5.91 Å². The number of hydrogen-bond acceptors (Lipinski definition) is 5. The fourth-order valence-corrected chi connectivity index (χ4v) is 3.89. The molecule has 0 saturated carbocycles. The van der Waals surface area contributed by atoms with Gasteiger partial charge < -0.3 is 19.5 Å². The Balaban J connectivity index is 1.37. The summed E-state index contributed by atoms with van der Waals surface area (Å²) in [5, 5.41) is 3.47. The minimum absolute atomic E-state index is 0.0978. The van der Waals surface area contributed by atoms with E-state index >= 15 is 0 Å². The van der Waals surface area contributed by atoms with E-state index in [9.17, 15) is 9.59 Å². The van der Waals surface area contributed by atoms with E-state index in [0.29, 0.717) is 23.0 Å². The number of carbonyl (C=O) groups excluding carboxylic acids is 2. The molecule has 0 radical (unpaired) electrons. The third-order valence-electron chi connectivity index (χ3n) is 5.62. The Morgan fingerprint density at radius 2 is 1.81 bits per heavy atom. The van der Waals surface area contributed by atoms with Gasteiger partial charge in [-0.25, -0.2) is 4.98 Å². The van der Waals surface area contributed by atoms with Gasteiger partial charge in [0, 0.05) is 50.9 Å². The van der Waals surface area contributed by atoms with E-state index in [2.05, 4.69) is 14.8 Å². The van der Waals surface area contributed by atoms with Gasteiger partial charge in [0.15, 0.2) is 6.61 Å². The fourth-order valence-electron chi connectivity index (χ4n) is 3.77. The molecule has 168 valence electrons. The van der Waals surface area contributed by atoms with Gasteiger partial charge >= 0.3 is 0 Å². The van der Waals surface area contributed by atoms with Crippen LogP contribution >= 0.6 is 11.6 Å². The maximum atomic E-state index is 12.3. The highest BCUT2D eigenvalue weighted by molar-refractivity contribution is 6.30. The van der Waals surface area contributed by atoms with Crippen LogP contribution in [0.3, 0.4) is 0 Å². The van der Waals surface area contributed by atoms with Crippen molar-refractivity contribution in [3.8, 4) is 5.75 Å². The normalized spacial score (nSPS) is 14.5. The molecule has 1 aliphatic heterocycles. The molecule has 0 bridgehead atoms. The van der Waals surface area contributed by atoms with E-state index in [1.54, 1.807) is 31.2 Å². The number of ether oxygens (including phenoxy) is 1. The number of piperazine rings is 1. The molecule has 2 heterocycles. The van der Waals surface area contributed by atoms with Crippen molar-refractivity contribution in [1.29, 1.82) is 0 Å². The van der Waals surface area contributed by atoms with E-state index in [4.69, 9.17) is 21.3 Å². The summed E-state index contributed by atoms with van der Waals surface area (Å²) in [5.74, 6) is 1.41. The minimum Gasteiger partial charge on any atom is -0.484 e. The van der Waals surface area contributed by atoms with Crippen molar-refractivity contribution in [1.82, 2.24) is 19.4 Å². The van der Waals surface area contributed by atoms with Crippen molar-refractivity contribution in [2.45, 2.75) is 13.5 Å². The second kappa shape index (κ2) is 9.58. The molecular weight excluding hydrogens is 430 g/mol. The molecule has 1 N–H and O–H groups in total. The summed E-state index contributed by atoms with van der Waals surface area (Å²) in [4.78, 5) is 32.7. The summed E-state index contributed by atoms with van der Waals surface area (Å²) < 4.78 is 7.56. The highest BCUT2D eigenvalue weighted by atomic mass is 35.5. The minimum atomic E-state index is -0.251. The van der Waals surface area contributed by atoms with E-state index in [1.807, 2.05) is 30.1 Å². The lowest BCUT2D eigenvalue weighted by Gasteiger charge is -2.33. The number of rotatable bonds is 6. The van der Waals surface area contributed by atoms with Crippen LogP contribution < -0.4 is 10.1 Å². The molecule has 1 fully saturated rings. The molecule has 2 aromatic carbocycles. The first-order valence-electron chi connectivity index (χ1n) is 10.5. The zero-order chi connectivity index (χ0) is 22.7. The van der Waals surface area contributed by atoms with Crippen molar-refractivity contribution in [3.63, 3.8) is 0 Å². The Kier molecular flexibility index (Phi) is 6.62. The van der Waals surface area contributed by atoms with Gasteiger partial charge in [-0.3, -0.25) is 14.5 Å². The number of nitrogens with one attached hydrogen (secondary N) is 1. The summed E-state index contributed by atoms with van der Waals surface area (Å²) in [6, 6.07) is 12.5. The number of nitrogens with zero attached hydrogens (tertiary/aromatic N) is 4. The number of benzene rings is 2. The van der Waals surface area contributed by atoms with E-state index in [-0.39, 0.29) is 18.4 Å². The lowest BCUT2D eigenvalue weighted by atomic mass is 10.2. The van der Waals surface area contributed by atoms with Gasteiger partial charge in [-0.05, 0) is 42.5 Å². The van der Waals surface area contributed by atoms with Crippen LogP contribution in [-0.2, 0) is 23.2 Å². The first kappa shape index (κ1) is 22.1. The summed E-state index contributed by atoms with van der Waals surface area (Å²) in [6.45, 7) is 5.38. The predicted octanol–water partition coefficient (Wildman–Crippen LogP) is 2.91. The van der Waals surface area contributed by atoms with E-state index in [1.165, 1.54) is 0 Å². The molecule has 0 spiro atoms. The van der Waals surface area contributed by atoms with E-state index < -0.39 is 0 Å². The number of carbonyl (C=O) groups is 2. The Labute approximate surface area is 191 Å². The largest absolute Gasteiger partial charge is 0.484 e. The van der Waals surface area contributed by atoms with Gasteiger partial charge in [0.1, 0.15) is 11.6 Å².